The number of benzene rings is 2. The summed E-state index contributed by atoms with van der Waals surface area (Å²) in [7, 11) is 0. The van der Waals surface area contributed by atoms with Gasteiger partial charge in [-0.1, -0.05) is 28.1 Å². The van der Waals surface area contributed by atoms with Crippen molar-refractivity contribution in [1.29, 1.82) is 0 Å². The summed E-state index contributed by atoms with van der Waals surface area (Å²) in [6.45, 7) is 4.68. The van der Waals surface area contributed by atoms with Gasteiger partial charge in [0.1, 0.15) is 5.82 Å². The first-order valence-corrected chi connectivity index (χ1v) is 6.61. The zero-order valence-corrected chi connectivity index (χ0v) is 12.0. The van der Waals surface area contributed by atoms with Crippen LogP contribution in [0, 0.1) is 19.7 Å². The van der Waals surface area contributed by atoms with Crippen molar-refractivity contribution in [3.8, 4) is 0 Å². The second-order valence-electron chi connectivity index (χ2n) is 4.34. The van der Waals surface area contributed by atoms with Crippen LogP contribution in [0.3, 0.4) is 0 Å². The predicted molar refractivity (Wildman–Crippen MR) is 77.3 cm³/mol. The van der Waals surface area contributed by atoms with Crippen LogP contribution < -0.4 is 5.32 Å². The van der Waals surface area contributed by atoms with Gasteiger partial charge in [-0.2, -0.15) is 0 Å². The van der Waals surface area contributed by atoms with E-state index in [0.29, 0.717) is 6.54 Å². The molecule has 2 aromatic carbocycles. The van der Waals surface area contributed by atoms with Crippen LogP contribution in [-0.4, -0.2) is 0 Å². The van der Waals surface area contributed by atoms with E-state index in [1.165, 1.54) is 11.6 Å². The number of rotatable bonds is 3. The summed E-state index contributed by atoms with van der Waals surface area (Å²) >= 11 is 3.51. The van der Waals surface area contributed by atoms with Crippen LogP contribution >= 0.6 is 15.9 Å². The minimum atomic E-state index is -0.185. The molecule has 0 unspecified atom stereocenters. The zero-order chi connectivity index (χ0) is 13.1. The molecule has 94 valence electrons. The Morgan fingerprint density at radius 1 is 1.17 bits per heavy atom. The van der Waals surface area contributed by atoms with Crippen LogP contribution in [0.5, 0.6) is 0 Å². The van der Waals surface area contributed by atoms with E-state index in [1.54, 1.807) is 6.07 Å². The maximum atomic E-state index is 13.0. The van der Waals surface area contributed by atoms with Gasteiger partial charge in [0.2, 0.25) is 0 Å². The highest BCUT2D eigenvalue weighted by atomic mass is 79.9. The zero-order valence-electron chi connectivity index (χ0n) is 10.4. The fourth-order valence-corrected chi connectivity index (χ4v) is 2.21. The third-order valence-corrected chi connectivity index (χ3v) is 3.90. The van der Waals surface area contributed by atoms with Crippen LogP contribution in [0.25, 0.3) is 0 Å². The van der Waals surface area contributed by atoms with Gasteiger partial charge in [-0.15, -0.1) is 0 Å². The van der Waals surface area contributed by atoms with Crippen LogP contribution in [0.15, 0.2) is 40.9 Å². The molecule has 1 N–H and O–H groups in total. The summed E-state index contributed by atoms with van der Waals surface area (Å²) in [4.78, 5) is 0. The molecule has 0 saturated heterocycles. The first-order chi connectivity index (χ1) is 8.58. The van der Waals surface area contributed by atoms with E-state index in [0.717, 1.165) is 21.3 Å². The number of aryl methyl sites for hydroxylation is 1. The average molecular weight is 308 g/mol. The highest BCUT2D eigenvalue weighted by Crippen LogP contribution is 2.24. The van der Waals surface area contributed by atoms with Gasteiger partial charge < -0.3 is 5.32 Å². The lowest BCUT2D eigenvalue weighted by Crippen LogP contribution is -2.03. The molecule has 0 bridgehead atoms. The molecule has 0 aliphatic rings. The van der Waals surface area contributed by atoms with E-state index in [1.807, 2.05) is 31.2 Å². The Balaban J connectivity index is 2.14. The largest absolute Gasteiger partial charge is 0.381 e. The molecule has 0 aliphatic carbocycles. The molecule has 0 amide bonds. The first-order valence-electron chi connectivity index (χ1n) is 5.82. The fraction of sp³-hybridized carbons (Fsp3) is 0.200. The van der Waals surface area contributed by atoms with Gasteiger partial charge in [-0.25, -0.2) is 4.39 Å². The fourth-order valence-electron chi connectivity index (χ4n) is 1.85. The Morgan fingerprint density at radius 3 is 2.67 bits per heavy atom. The number of halogens is 2. The van der Waals surface area contributed by atoms with E-state index in [9.17, 15) is 4.39 Å². The Hall–Kier alpha value is -1.35. The summed E-state index contributed by atoms with van der Waals surface area (Å²) in [5.74, 6) is -0.185. The molecule has 0 saturated carbocycles. The molecular weight excluding hydrogens is 293 g/mol. The Kier molecular flexibility index (Phi) is 4.02. The molecule has 0 spiro atoms. The molecule has 2 aromatic rings. The summed E-state index contributed by atoms with van der Waals surface area (Å²) in [6.07, 6.45) is 0. The molecule has 18 heavy (non-hydrogen) atoms. The lowest BCUT2D eigenvalue weighted by molar-refractivity contribution is 0.625. The average Bonchev–Trinajstić information content (AvgIpc) is 2.33. The molecule has 3 heteroatoms. The predicted octanol–water partition coefficient (Wildman–Crippen LogP) is 4.82. The first kappa shape index (κ1) is 13.1. The third kappa shape index (κ3) is 2.91. The van der Waals surface area contributed by atoms with Gasteiger partial charge in [-0.05, 0) is 54.8 Å². The highest BCUT2D eigenvalue weighted by Gasteiger charge is 2.03. The molecule has 0 heterocycles. The number of hydrogen-bond acceptors (Lipinski definition) is 1. The van der Waals surface area contributed by atoms with E-state index < -0.39 is 0 Å². The van der Waals surface area contributed by atoms with Crippen molar-refractivity contribution in [1.82, 2.24) is 0 Å². The second kappa shape index (κ2) is 5.53. The quantitative estimate of drug-likeness (QED) is 0.857. The molecule has 0 fully saturated rings. The monoisotopic (exact) mass is 307 g/mol. The standard InChI is InChI=1S/C15H15BrFN/c1-10-8-13(17)7-6-12(10)9-18-15-5-3-4-14(16)11(15)2/h3-8,18H,9H2,1-2H3. The van der Waals surface area contributed by atoms with Gasteiger partial charge in [0.15, 0.2) is 0 Å². The lowest BCUT2D eigenvalue weighted by atomic mass is 10.1. The Morgan fingerprint density at radius 2 is 1.94 bits per heavy atom. The van der Waals surface area contributed by atoms with Gasteiger partial charge >= 0.3 is 0 Å². The minimum absolute atomic E-state index is 0.185. The van der Waals surface area contributed by atoms with Crippen LogP contribution in [0.1, 0.15) is 16.7 Å². The van der Waals surface area contributed by atoms with Crippen molar-refractivity contribution < 1.29 is 4.39 Å². The normalized spacial score (nSPS) is 10.4. The molecule has 2 rings (SSSR count). The topological polar surface area (TPSA) is 12.0 Å². The molecular formula is C15H15BrFN. The maximum absolute atomic E-state index is 13.0. The summed E-state index contributed by atoms with van der Waals surface area (Å²) < 4.78 is 14.1. The Labute approximate surface area is 115 Å². The summed E-state index contributed by atoms with van der Waals surface area (Å²) in [5.41, 5.74) is 4.34. The van der Waals surface area contributed by atoms with E-state index in [2.05, 4.69) is 28.2 Å². The maximum Gasteiger partial charge on any atom is 0.123 e. The van der Waals surface area contributed by atoms with Crippen LogP contribution in [0.4, 0.5) is 10.1 Å². The molecule has 0 radical (unpaired) electrons. The lowest BCUT2D eigenvalue weighted by Gasteiger charge is -2.12. The number of hydrogen-bond donors (Lipinski definition) is 1. The minimum Gasteiger partial charge on any atom is -0.381 e. The summed E-state index contributed by atoms with van der Waals surface area (Å²) in [6, 6.07) is 10.9. The van der Waals surface area contributed by atoms with Crippen molar-refractivity contribution in [2.24, 2.45) is 0 Å². The van der Waals surface area contributed by atoms with E-state index in [-0.39, 0.29) is 5.82 Å². The van der Waals surface area contributed by atoms with Gasteiger partial charge in [-0.3, -0.25) is 0 Å². The Bertz CT molecular complexity index is 566. The third-order valence-electron chi connectivity index (χ3n) is 3.04. The van der Waals surface area contributed by atoms with Gasteiger partial charge in [0, 0.05) is 16.7 Å². The van der Waals surface area contributed by atoms with Crippen LogP contribution in [0.2, 0.25) is 0 Å². The molecule has 0 aromatic heterocycles. The smallest absolute Gasteiger partial charge is 0.123 e. The van der Waals surface area contributed by atoms with Crippen molar-refractivity contribution in [2.75, 3.05) is 5.32 Å². The van der Waals surface area contributed by atoms with Crippen molar-refractivity contribution in [3.05, 3.63) is 63.4 Å². The molecule has 1 nitrogen and oxygen atoms in total. The molecule has 0 aliphatic heterocycles. The van der Waals surface area contributed by atoms with Crippen molar-refractivity contribution in [2.45, 2.75) is 20.4 Å². The van der Waals surface area contributed by atoms with Crippen molar-refractivity contribution in [3.63, 3.8) is 0 Å². The highest BCUT2D eigenvalue weighted by molar-refractivity contribution is 9.10. The number of anilines is 1. The van der Waals surface area contributed by atoms with Gasteiger partial charge in [0.05, 0.1) is 0 Å². The van der Waals surface area contributed by atoms with Gasteiger partial charge in [0.25, 0.3) is 0 Å². The summed E-state index contributed by atoms with van der Waals surface area (Å²) in [5, 5.41) is 3.38. The molecule has 0 atom stereocenters. The van der Waals surface area contributed by atoms with E-state index >= 15 is 0 Å². The SMILES string of the molecule is Cc1cc(F)ccc1CNc1cccc(Br)c1C. The van der Waals surface area contributed by atoms with Crippen LogP contribution in [-0.2, 0) is 6.54 Å². The van der Waals surface area contributed by atoms with E-state index in [4.69, 9.17) is 0 Å². The van der Waals surface area contributed by atoms with Crippen molar-refractivity contribution >= 4 is 21.6 Å². The number of nitrogens with one attached hydrogen (secondary N) is 1. The second-order valence-corrected chi connectivity index (χ2v) is 5.19.